The van der Waals surface area contributed by atoms with Crippen molar-refractivity contribution in [1.29, 1.82) is 0 Å². The molecule has 0 fully saturated rings. The molecule has 3 nitrogen and oxygen atoms in total. The van der Waals surface area contributed by atoms with E-state index in [1.54, 1.807) is 0 Å². The maximum absolute atomic E-state index is 12.4. The van der Waals surface area contributed by atoms with Crippen LogP contribution in [-0.4, -0.2) is 23.5 Å². The first kappa shape index (κ1) is 12.9. The van der Waals surface area contributed by atoms with Crippen molar-refractivity contribution < 1.29 is 9.53 Å². The lowest BCUT2D eigenvalue weighted by Crippen LogP contribution is -2.42. The second-order valence-electron chi connectivity index (χ2n) is 5.97. The van der Waals surface area contributed by atoms with E-state index in [4.69, 9.17) is 4.74 Å². The molecule has 1 aliphatic rings. The van der Waals surface area contributed by atoms with Gasteiger partial charge < -0.3 is 9.64 Å². The van der Waals surface area contributed by atoms with Gasteiger partial charge in [0.05, 0.1) is 6.54 Å². The molecule has 1 amide bonds. The molecule has 0 saturated carbocycles. The van der Waals surface area contributed by atoms with Crippen LogP contribution in [0.25, 0.3) is 0 Å². The number of para-hydroxylation sites is 1. The van der Waals surface area contributed by atoms with Crippen molar-refractivity contribution in [3.63, 3.8) is 0 Å². The molecule has 2 rings (SSSR count). The standard InChI is InChI=1S/C15H21NO2/c1-11-9-16(14(17)15(2,3)4)10-12-7-5-6-8-13(12)18-11/h5-8,11H,9-10H2,1-4H3. The summed E-state index contributed by atoms with van der Waals surface area (Å²) in [4.78, 5) is 14.3. The van der Waals surface area contributed by atoms with Gasteiger partial charge in [0.2, 0.25) is 5.91 Å². The Labute approximate surface area is 109 Å². The smallest absolute Gasteiger partial charge is 0.228 e. The van der Waals surface area contributed by atoms with Crippen LogP contribution in [0.1, 0.15) is 33.3 Å². The van der Waals surface area contributed by atoms with Gasteiger partial charge in [0.1, 0.15) is 11.9 Å². The highest BCUT2D eigenvalue weighted by Crippen LogP contribution is 2.27. The summed E-state index contributed by atoms with van der Waals surface area (Å²) in [5.41, 5.74) is 0.735. The van der Waals surface area contributed by atoms with Crippen LogP contribution in [-0.2, 0) is 11.3 Å². The Balaban J connectivity index is 2.28. The summed E-state index contributed by atoms with van der Waals surface area (Å²) in [6, 6.07) is 7.94. The van der Waals surface area contributed by atoms with Crippen molar-refractivity contribution in [2.75, 3.05) is 6.54 Å². The van der Waals surface area contributed by atoms with E-state index >= 15 is 0 Å². The summed E-state index contributed by atoms with van der Waals surface area (Å²) in [5.74, 6) is 1.07. The summed E-state index contributed by atoms with van der Waals surface area (Å²) in [6.45, 7) is 9.15. The summed E-state index contributed by atoms with van der Waals surface area (Å²) in [5, 5.41) is 0. The lowest BCUT2D eigenvalue weighted by atomic mass is 9.94. The highest BCUT2D eigenvalue weighted by atomic mass is 16.5. The van der Waals surface area contributed by atoms with Gasteiger partial charge in [-0.25, -0.2) is 0 Å². The number of carbonyl (C=O) groups excluding carboxylic acids is 1. The van der Waals surface area contributed by atoms with Gasteiger partial charge in [-0.15, -0.1) is 0 Å². The van der Waals surface area contributed by atoms with Gasteiger partial charge in [-0.2, -0.15) is 0 Å². The zero-order valence-corrected chi connectivity index (χ0v) is 11.6. The number of nitrogens with zero attached hydrogens (tertiary/aromatic N) is 1. The number of hydrogen-bond acceptors (Lipinski definition) is 2. The Morgan fingerprint density at radius 2 is 2.00 bits per heavy atom. The molecular weight excluding hydrogens is 226 g/mol. The molecule has 1 aliphatic heterocycles. The molecule has 0 radical (unpaired) electrons. The molecule has 1 aromatic carbocycles. The summed E-state index contributed by atoms with van der Waals surface area (Å²) in [7, 11) is 0. The number of amides is 1. The molecule has 0 aromatic heterocycles. The average molecular weight is 247 g/mol. The molecule has 0 bridgehead atoms. The van der Waals surface area contributed by atoms with Gasteiger partial charge in [0, 0.05) is 17.5 Å². The monoisotopic (exact) mass is 247 g/mol. The molecule has 1 heterocycles. The quantitative estimate of drug-likeness (QED) is 0.705. The molecule has 0 aliphatic carbocycles. The third-order valence-electron chi connectivity index (χ3n) is 3.07. The molecule has 98 valence electrons. The number of hydrogen-bond donors (Lipinski definition) is 0. The SMILES string of the molecule is CC1CN(C(=O)C(C)(C)C)Cc2ccccc2O1. The molecule has 1 atom stereocenters. The van der Waals surface area contributed by atoms with Crippen LogP contribution in [0.15, 0.2) is 24.3 Å². The molecule has 0 saturated heterocycles. The summed E-state index contributed by atoms with van der Waals surface area (Å²) in [6.07, 6.45) is 0.0277. The van der Waals surface area contributed by atoms with E-state index in [0.717, 1.165) is 11.3 Å². The molecule has 18 heavy (non-hydrogen) atoms. The van der Waals surface area contributed by atoms with E-state index in [1.807, 2.05) is 56.9 Å². The zero-order chi connectivity index (χ0) is 13.3. The Morgan fingerprint density at radius 3 is 2.67 bits per heavy atom. The minimum atomic E-state index is -0.348. The molecule has 0 N–H and O–H groups in total. The minimum absolute atomic E-state index is 0.0277. The molecule has 1 unspecified atom stereocenters. The summed E-state index contributed by atoms with van der Waals surface area (Å²) < 4.78 is 5.86. The van der Waals surface area contributed by atoms with E-state index in [-0.39, 0.29) is 17.4 Å². The lowest BCUT2D eigenvalue weighted by Gasteiger charge is -2.29. The minimum Gasteiger partial charge on any atom is -0.489 e. The third-order valence-corrected chi connectivity index (χ3v) is 3.07. The van der Waals surface area contributed by atoms with Crippen molar-refractivity contribution in [3.05, 3.63) is 29.8 Å². The molecule has 3 heteroatoms. The number of ether oxygens (including phenoxy) is 1. The second-order valence-corrected chi connectivity index (χ2v) is 5.97. The van der Waals surface area contributed by atoms with Gasteiger partial charge in [0.25, 0.3) is 0 Å². The van der Waals surface area contributed by atoms with Crippen molar-refractivity contribution in [2.24, 2.45) is 5.41 Å². The maximum Gasteiger partial charge on any atom is 0.228 e. The average Bonchev–Trinajstić information content (AvgIpc) is 2.44. The fourth-order valence-electron chi connectivity index (χ4n) is 2.21. The van der Waals surface area contributed by atoms with Gasteiger partial charge in [-0.1, -0.05) is 39.0 Å². The Bertz CT molecular complexity index is 448. The fourth-order valence-corrected chi connectivity index (χ4v) is 2.21. The highest BCUT2D eigenvalue weighted by Gasteiger charge is 2.30. The Kier molecular flexibility index (Phi) is 3.33. The van der Waals surface area contributed by atoms with Crippen LogP contribution < -0.4 is 4.74 Å². The molecular formula is C15H21NO2. The maximum atomic E-state index is 12.4. The highest BCUT2D eigenvalue weighted by molar-refractivity contribution is 5.81. The normalized spacial score (nSPS) is 19.8. The topological polar surface area (TPSA) is 29.5 Å². The van der Waals surface area contributed by atoms with Crippen LogP contribution in [0, 0.1) is 5.41 Å². The van der Waals surface area contributed by atoms with E-state index < -0.39 is 0 Å². The van der Waals surface area contributed by atoms with Crippen LogP contribution in [0.4, 0.5) is 0 Å². The van der Waals surface area contributed by atoms with Crippen molar-refractivity contribution in [1.82, 2.24) is 4.90 Å². The van der Waals surface area contributed by atoms with Gasteiger partial charge >= 0.3 is 0 Å². The lowest BCUT2D eigenvalue weighted by molar-refractivity contribution is -0.140. The zero-order valence-electron chi connectivity index (χ0n) is 11.6. The van der Waals surface area contributed by atoms with Crippen LogP contribution in [0.3, 0.4) is 0 Å². The predicted molar refractivity (Wildman–Crippen MR) is 71.4 cm³/mol. The first-order valence-corrected chi connectivity index (χ1v) is 6.42. The molecule has 0 spiro atoms. The fraction of sp³-hybridized carbons (Fsp3) is 0.533. The van der Waals surface area contributed by atoms with Crippen LogP contribution in [0.5, 0.6) is 5.75 Å². The van der Waals surface area contributed by atoms with Gasteiger partial charge in [0.15, 0.2) is 0 Å². The predicted octanol–water partition coefficient (Wildman–Crippen LogP) is 2.84. The van der Waals surface area contributed by atoms with Gasteiger partial charge in [-0.3, -0.25) is 4.79 Å². The first-order valence-electron chi connectivity index (χ1n) is 6.42. The number of carbonyl (C=O) groups is 1. The van der Waals surface area contributed by atoms with E-state index in [1.165, 1.54) is 0 Å². The largest absolute Gasteiger partial charge is 0.489 e. The van der Waals surface area contributed by atoms with E-state index in [0.29, 0.717) is 13.1 Å². The third kappa shape index (κ3) is 2.66. The first-order chi connectivity index (χ1) is 8.38. The second kappa shape index (κ2) is 4.63. The van der Waals surface area contributed by atoms with Crippen LogP contribution >= 0.6 is 0 Å². The number of fused-ring (bicyclic) bond motifs is 1. The van der Waals surface area contributed by atoms with E-state index in [2.05, 4.69) is 0 Å². The van der Waals surface area contributed by atoms with E-state index in [9.17, 15) is 4.79 Å². The number of rotatable bonds is 0. The Morgan fingerprint density at radius 1 is 1.33 bits per heavy atom. The number of benzene rings is 1. The molecule has 1 aromatic rings. The van der Waals surface area contributed by atoms with Crippen molar-refractivity contribution in [3.8, 4) is 5.75 Å². The van der Waals surface area contributed by atoms with Crippen molar-refractivity contribution >= 4 is 5.91 Å². The van der Waals surface area contributed by atoms with Crippen molar-refractivity contribution in [2.45, 2.75) is 40.3 Å². The van der Waals surface area contributed by atoms with Crippen LogP contribution in [0.2, 0.25) is 0 Å². The Hall–Kier alpha value is -1.51. The van der Waals surface area contributed by atoms with Gasteiger partial charge in [-0.05, 0) is 13.0 Å². The summed E-state index contributed by atoms with van der Waals surface area (Å²) >= 11 is 0.